The fraction of sp³-hybridized carbons (Fsp3) is 0.696. The van der Waals surface area contributed by atoms with E-state index >= 15 is 0 Å². The summed E-state index contributed by atoms with van der Waals surface area (Å²) in [6.07, 6.45) is 18.0. The summed E-state index contributed by atoms with van der Waals surface area (Å²) in [6, 6.07) is 0. The third kappa shape index (κ3) is 13.3. The Morgan fingerprint density at radius 2 is 1.68 bits per heavy atom. The number of carbonyl (C=O) groups is 2. The molecule has 1 aromatic rings. The van der Waals surface area contributed by atoms with Crippen LogP contribution < -0.4 is 0 Å². The molecule has 0 aliphatic heterocycles. The van der Waals surface area contributed by atoms with Gasteiger partial charge < -0.3 is 20.3 Å². The summed E-state index contributed by atoms with van der Waals surface area (Å²) in [6.45, 7) is 2.23. The summed E-state index contributed by atoms with van der Waals surface area (Å²) in [7, 11) is 0. The average molecular weight is 455 g/mol. The second kappa shape index (κ2) is 16.8. The monoisotopic (exact) mass is 454 g/mol. The first-order valence-electron chi connectivity index (χ1n) is 11.5. The molecule has 0 aliphatic rings. The molecule has 31 heavy (non-hydrogen) atoms. The third-order valence-corrected chi connectivity index (χ3v) is 6.29. The van der Waals surface area contributed by atoms with Gasteiger partial charge in [-0.25, -0.2) is 9.78 Å². The summed E-state index contributed by atoms with van der Waals surface area (Å²) < 4.78 is 0. The number of hydrogen-bond donors (Lipinski definition) is 4. The Kier molecular flexibility index (Phi) is 14.8. The molecule has 8 heteroatoms. The summed E-state index contributed by atoms with van der Waals surface area (Å²) in [5.41, 5.74) is -0.0179. The van der Waals surface area contributed by atoms with E-state index in [0.29, 0.717) is 5.16 Å². The van der Waals surface area contributed by atoms with E-state index in [0.717, 1.165) is 12.8 Å². The van der Waals surface area contributed by atoms with E-state index in [9.17, 15) is 14.7 Å². The zero-order valence-electron chi connectivity index (χ0n) is 18.6. The zero-order chi connectivity index (χ0) is 22.9. The molecular formula is C23H38N2O5S. The number of nitrogens with zero attached hydrogens (tertiary/aromatic N) is 1. The molecule has 1 aromatic heterocycles. The highest BCUT2D eigenvalue weighted by Gasteiger charge is 2.21. The summed E-state index contributed by atoms with van der Waals surface area (Å²) in [4.78, 5) is 28.5. The highest BCUT2D eigenvalue weighted by molar-refractivity contribution is 8.00. The molecule has 2 atom stereocenters. The van der Waals surface area contributed by atoms with Crippen molar-refractivity contribution in [1.82, 2.24) is 9.97 Å². The van der Waals surface area contributed by atoms with Gasteiger partial charge in [0.1, 0.15) is 5.69 Å². The van der Waals surface area contributed by atoms with Crippen molar-refractivity contribution in [2.24, 2.45) is 0 Å². The first-order chi connectivity index (χ1) is 14.9. The number of aromatic carboxylic acids is 1. The molecule has 176 valence electrons. The highest BCUT2D eigenvalue weighted by atomic mass is 32.2. The van der Waals surface area contributed by atoms with E-state index in [2.05, 4.69) is 16.9 Å². The number of nitrogens with one attached hydrogen (secondary N) is 1. The van der Waals surface area contributed by atoms with Gasteiger partial charge in [0.05, 0.1) is 17.6 Å². The summed E-state index contributed by atoms with van der Waals surface area (Å²) >= 11 is 1.21. The number of aliphatic hydroxyl groups is 1. The standard InChI is InChI=1S/C23H38N2O5S/c1-2-3-4-5-6-7-8-9-10-11-12-13-14-20(19(26)15-16-21(27)28)31-23-24-17-18(25-23)22(29)30/h13-14,17,19-20,26H,2-12,15-16H2,1H3,(H,24,25)(H,27,28)(H,29,30)/b14-13-. The second-order valence-electron chi connectivity index (χ2n) is 7.89. The quantitative estimate of drug-likeness (QED) is 0.121. The predicted octanol–water partition coefficient (Wildman–Crippen LogP) is 5.66. The Labute approximate surface area is 189 Å². The van der Waals surface area contributed by atoms with E-state index in [4.69, 9.17) is 10.2 Å². The van der Waals surface area contributed by atoms with Gasteiger partial charge in [0, 0.05) is 6.42 Å². The number of carboxylic acid groups (broad SMARTS) is 2. The Hall–Kier alpha value is -1.80. The SMILES string of the molecule is CCCCCCCCCCCC/C=C\C(Sc1ncc(C(=O)O)[nH]1)C(O)CCC(=O)O. The van der Waals surface area contributed by atoms with Crippen LogP contribution in [-0.2, 0) is 4.79 Å². The van der Waals surface area contributed by atoms with E-state index in [1.807, 2.05) is 12.2 Å². The molecule has 4 N–H and O–H groups in total. The van der Waals surface area contributed by atoms with Crippen LogP contribution in [0.15, 0.2) is 23.5 Å². The molecule has 2 unspecified atom stereocenters. The Balaban J connectivity index is 2.37. The largest absolute Gasteiger partial charge is 0.481 e. The summed E-state index contributed by atoms with van der Waals surface area (Å²) in [5, 5.41) is 28.3. The van der Waals surface area contributed by atoms with Crippen molar-refractivity contribution >= 4 is 23.7 Å². The molecule has 0 fully saturated rings. The van der Waals surface area contributed by atoms with Crippen LogP contribution in [0.25, 0.3) is 0 Å². The number of imidazole rings is 1. The molecule has 0 aliphatic carbocycles. The first-order valence-corrected chi connectivity index (χ1v) is 12.3. The highest BCUT2D eigenvalue weighted by Crippen LogP contribution is 2.26. The van der Waals surface area contributed by atoms with Gasteiger partial charge in [-0.3, -0.25) is 4.79 Å². The second-order valence-corrected chi connectivity index (χ2v) is 9.05. The number of aliphatic carboxylic acids is 1. The molecule has 0 bridgehead atoms. The van der Waals surface area contributed by atoms with Crippen LogP contribution >= 0.6 is 11.8 Å². The maximum atomic E-state index is 11.0. The molecule has 0 saturated heterocycles. The van der Waals surface area contributed by atoms with Gasteiger partial charge in [0.25, 0.3) is 0 Å². The number of allylic oxidation sites excluding steroid dienone is 1. The number of unbranched alkanes of at least 4 members (excludes halogenated alkanes) is 10. The van der Waals surface area contributed by atoms with Crippen LogP contribution in [0.3, 0.4) is 0 Å². The molecule has 1 rings (SSSR count). The molecule has 0 amide bonds. The molecule has 7 nitrogen and oxygen atoms in total. The number of hydrogen-bond acceptors (Lipinski definition) is 5. The van der Waals surface area contributed by atoms with Crippen LogP contribution in [0.4, 0.5) is 0 Å². The van der Waals surface area contributed by atoms with Gasteiger partial charge >= 0.3 is 11.9 Å². The van der Waals surface area contributed by atoms with Gasteiger partial charge in [0.15, 0.2) is 5.16 Å². The van der Waals surface area contributed by atoms with E-state index in [1.165, 1.54) is 75.7 Å². The van der Waals surface area contributed by atoms with Gasteiger partial charge in [-0.1, -0.05) is 88.6 Å². The van der Waals surface area contributed by atoms with Crippen molar-refractivity contribution in [2.45, 2.75) is 107 Å². The van der Waals surface area contributed by atoms with Crippen LogP contribution in [0.2, 0.25) is 0 Å². The fourth-order valence-electron chi connectivity index (χ4n) is 3.26. The number of carboxylic acids is 2. The lowest BCUT2D eigenvalue weighted by Gasteiger charge is -2.17. The molecule has 0 spiro atoms. The number of aliphatic hydroxyl groups excluding tert-OH is 1. The normalized spacial score (nSPS) is 13.5. The Bertz CT molecular complexity index is 662. The fourth-order valence-corrected chi connectivity index (χ4v) is 4.29. The molecule has 0 aromatic carbocycles. The third-order valence-electron chi connectivity index (χ3n) is 5.11. The van der Waals surface area contributed by atoms with Crippen LogP contribution in [0, 0.1) is 0 Å². The summed E-state index contributed by atoms with van der Waals surface area (Å²) in [5.74, 6) is -2.05. The lowest BCUT2D eigenvalue weighted by molar-refractivity contribution is -0.137. The first kappa shape index (κ1) is 27.2. The number of aromatic nitrogens is 2. The maximum absolute atomic E-state index is 11.0. The van der Waals surface area contributed by atoms with Crippen molar-refractivity contribution < 1.29 is 24.9 Å². The van der Waals surface area contributed by atoms with Gasteiger partial charge in [-0.05, 0) is 19.3 Å². The van der Waals surface area contributed by atoms with Gasteiger partial charge in [0.2, 0.25) is 0 Å². The van der Waals surface area contributed by atoms with Crippen molar-refractivity contribution in [2.75, 3.05) is 0 Å². The number of H-pyrrole nitrogens is 1. The zero-order valence-corrected chi connectivity index (χ0v) is 19.4. The minimum atomic E-state index is -1.10. The molecule has 0 radical (unpaired) electrons. The van der Waals surface area contributed by atoms with Crippen molar-refractivity contribution in [3.8, 4) is 0 Å². The minimum absolute atomic E-state index is 0.0179. The smallest absolute Gasteiger partial charge is 0.353 e. The predicted molar refractivity (Wildman–Crippen MR) is 124 cm³/mol. The Morgan fingerprint density at radius 1 is 1.06 bits per heavy atom. The molecule has 1 heterocycles. The van der Waals surface area contributed by atoms with Crippen LogP contribution in [0.5, 0.6) is 0 Å². The van der Waals surface area contributed by atoms with E-state index in [1.54, 1.807) is 0 Å². The average Bonchev–Trinajstić information content (AvgIpc) is 3.21. The molecular weight excluding hydrogens is 416 g/mol. The number of aromatic amines is 1. The lowest BCUT2D eigenvalue weighted by atomic mass is 10.1. The van der Waals surface area contributed by atoms with Crippen molar-refractivity contribution in [3.05, 3.63) is 24.0 Å². The van der Waals surface area contributed by atoms with Crippen molar-refractivity contribution in [3.63, 3.8) is 0 Å². The number of rotatable bonds is 19. The van der Waals surface area contributed by atoms with E-state index < -0.39 is 23.3 Å². The van der Waals surface area contributed by atoms with Crippen molar-refractivity contribution in [1.29, 1.82) is 0 Å². The lowest BCUT2D eigenvalue weighted by Crippen LogP contribution is -2.22. The van der Waals surface area contributed by atoms with Gasteiger partial charge in [-0.15, -0.1) is 0 Å². The number of thioether (sulfide) groups is 1. The Morgan fingerprint density at radius 3 is 2.23 bits per heavy atom. The topological polar surface area (TPSA) is 124 Å². The molecule has 0 saturated carbocycles. The van der Waals surface area contributed by atoms with Crippen LogP contribution in [0.1, 0.15) is 101 Å². The van der Waals surface area contributed by atoms with E-state index in [-0.39, 0.29) is 18.5 Å². The van der Waals surface area contributed by atoms with Gasteiger partial charge in [-0.2, -0.15) is 0 Å². The van der Waals surface area contributed by atoms with Crippen LogP contribution in [-0.4, -0.2) is 48.6 Å². The maximum Gasteiger partial charge on any atom is 0.353 e. The minimum Gasteiger partial charge on any atom is -0.481 e.